The molecule has 0 saturated carbocycles. The molecule has 0 fully saturated rings. The zero-order valence-corrected chi connectivity index (χ0v) is 14.5. The minimum absolute atomic E-state index is 0.00940. The molecule has 0 bridgehead atoms. The Labute approximate surface area is 151 Å². The molecule has 1 aromatic carbocycles. The second kappa shape index (κ2) is 6.44. The summed E-state index contributed by atoms with van der Waals surface area (Å²) in [5, 5.41) is 9.37. The summed E-state index contributed by atoms with van der Waals surface area (Å²) < 4.78 is 78.8. The van der Waals surface area contributed by atoms with Crippen LogP contribution < -0.4 is 5.73 Å². The average Bonchev–Trinajstić information content (AvgIpc) is 2.51. The van der Waals surface area contributed by atoms with E-state index in [1.807, 2.05) is 6.07 Å². The fourth-order valence-electron chi connectivity index (χ4n) is 2.75. The van der Waals surface area contributed by atoms with Crippen molar-refractivity contribution < 1.29 is 26.3 Å². The first-order valence-corrected chi connectivity index (χ1v) is 7.65. The van der Waals surface area contributed by atoms with Gasteiger partial charge in [-0.3, -0.25) is 0 Å². The van der Waals surface area contributed by atoms with Gasteiger partial charge in [0.15, 0.2) is 0 Å². The molecule has 0 saturated heterocycles. The van der Waals surface area contributed by atoms with Crippen molar-refractivity contribution in [1.29, 1.82) is 5.26 Å². The SMILES string of the molecule is CC(C)(C)c1c(-c2cc(C(F)(F)F)cc(C(F)(F)F)c2)cnc(N)c1C#N. The van der Waals surface area contributed by atoms with E-state index in [-0.39, 0.29) is 34.1 Å². The maximum Gasteiger partial charge on any atom is 0.416 e. The normalized spacial score (nSPS) is 12.7. The van der Waals surface area contributed by atoms with Gasteiger partial charge in [0.05, 0.1) is 16.7 Å². The van der Waals surface area contributed by atoms with Crippen LogP contribution in [0.15, 0.2) is 24.4 Å². The highest BCUT2D eigenvalue weighted by Crippen LogP contribution is 2.42. The van der Waals surface area contributed by atoms with E-state index in [9.17, 15) is 31.6 Å². The number of halogens is 6. The number of hydrogen-bond acceptors (Lipinski definition) is 3. The molecular weight excluding hydrogens is 372 g/mol. The van der Waals surface area contributed by atoms with Crippen molar-refractivity contribution in [2.24, 2.45) is 0 Å². The van der Waals surface area contributed by atoms with Crippen molar-refractivity contribution in [3.63, 3.8) is 0 Å². The van der Waals surface area contributed by atoms with Crippen LogP contribution in [0.3, 0.4) is 0 Å². The van der Waals surface area contributed by atoms with E-state index in [4.69, 9.17) is 5.73 Å². The van der Waals surface area contributed by atoms with Crippen molar-refractivity contribution in [3.05, 3.63) is 46.6 Å². The third-order valence-corrected chi connectivity index (χ3v) is 3.87. The molecule has 27 heavy (non-hydrogen) atoms. The van der Waals surface area contributed by atoms with Crippen molar-refractivity contribution >= 4 is 5.82 Å². The molecule has 3 nitrogen and oxygen atoms in total. The van der Waals surface area contributed by atoms with Crippen molar-refractivity contribution in [3.8, 4) is 17.2 Å². The predicted octanol–water partition coefficient (Wildman–Crippen LogP) is 5.54. The van der Waals surface area contributed by atoms with E-state index < -0.39 is 28.9 Å². The zero-order chi connectivity index (χ0) is 20.8. The quantitative estimate of drug-likeness (QED) is 0.654. The van der Waals surface area contributed by atoms with E-state index in [1.54, 1.807) is 20.8 Å². The van der Waals surface area contributed by atoms with Crippen LogP contribution in [0.5, 0.6) is 0 Å². The van der Waals surface area contributed by atoms with E-state index in [1.165, 1.54) is 0 Å². The van der Waals surface area contributed by atoms with Crippen LogP contribution in [0, 0.1) is 11.3 Å². The molecule has 1 heterocycles. The van der Waals surface area contributed by atoms with Gasteiger partial charge in [0.1, 0.15) is 11.9 Å². The van der Waals surface area contributed by atoms with E-state index >= 15 is 0 Å². The van der Waals surface area contributed by atoms with E-state index in [0.29, 0.717) is 12.1 Å². The number of pyridine rings is 1. The van der Waals surface area contributed by atoms with Gasteiger partial charge in [-0.05, 0) is 34.7 Å². The molecule has 2 aromatic rings. The van der Waals surface area contributed by atoms with Crippen LogP contribution in [-0.4, -0.2) is 4.98 Å². The number of alkyl halides is 6. The highest BCUT2D eigenvalue weighted by Gasteiger charge is 2.37. The number of anilines is 1. The number of nitrogen functional groups attached to an aromatic ring is 1. The zero-order valence-electron chi connectivity index (χ0n) is 14.5. The molecule has 0 aliphatic heterocycles. The molecule has 0 atom stereocenters. The number of benzene rings is 1. The molecule has 0 amide bonds. The van der Waals surface area contributed by atoms with Gasteiger partial charge in [0, 0.05) is 11.8 Å². The van der Waals surface area contributed by atoms with Gasteiger partial charge in [-0.15, -0.1) is 0 Å². The Balaban J connectivity index is 2.93. The highest BCUT2D eigenvalue weighted by molar-refractivity contribution is 5.75. The maximum absolute atomic E-state index is 13.1. The maximum atomic E-state index is 13.1. The van der Waals surface area contributed by atoms with Gasteiger partial charge in [-0.1, -0.05) is 20.8 Å². The molecule has 144 valence electrons. The molecule has 0 spiro atoms. The fraction of sp³-hybridized carbons (Fsp3) is 0.333. The predicted molar refractivity (Wildman–Crippen MR) is 87.5 cm³/mol. The Kier molecular flexibility index (Phi) is 4.90. The Hall–Kier alpha value is -2.76. The Morgan fingerprint density at radius 2 is 1.41 bits per heavy atom. The monoisotopic (exact) mass is 387 g/mol. The Morgan fingerprint density at radius 3 is 1.78 bits per heavy atom. The summed E-state index contributed by atoms with van der Waals surface area (Å²) in [5.74, 6) is -0.144. The van der Waals surface area contributed by atoms with Crippen LogP contribution in [0.25, 0.3) is 11.1 Å². The third-order valence-electron chi connectivity index (χ3n) is 3.87. The summed E-state index contributed by atoms with van der Waals surface area (Å²) in [6, 6.07) is 3.11. The summed E-state index contributed by atoms with van der Waals surface area (Å²) in [6.45, 7) is 5.01. The Bertz CT molecular complexity index is 883. The second-order valence-electron chi connectivity index (χ2n) is 6.96. The minimum Gasteiger partial charge on any atom is -0.383 e. The topological polar surface area (TPSA) is 62.7 Å². The number of rotatable bonds is 1. The summed E-state index contributed by atoms with van der Waals surface area (Å²) in [7, 11) is 0. The van der Waals surface area contributed by atoms with Gasteiger partial charge >= 0.3 is 12.4 Å². The van der Waals surface area contributed by atoms with Gasteiger partial charge in [-0.2, -0.15) is 31.6 Å². The smallest absolute Gasteiger partial charge is 0.383 e. The molecule has 0 radical (unpaired) electrons. The van der Waals surface area contributed by atoms with Gasteiger partial charge < -0.3 is 5.73 Å². The molecule has 9 heteroatoms. The molecule has 2 rings (SSSR count). The lowest BCUT2D eigenvalue weighted by atomic mass is 9.79. The summed E-state index contributed by atoms with van der Waals surface area (Å²) in [6.07, 6.45) is -8.86. The lowest BCUT2D eigenvalue weighted by Gasteiger charge is -2.25. The molecule has 0 unspecified atom stereocenters. The van der Waals surface area contributed by atoms with Crippen LogP contribution >= 0.6 is 0 Å². The molecular formula is C18H15F6N3. The number of nitrogens with zero attached hydrogens (tertiary/aromatic N) is 2. The van der Waals surface area contributed by atoms with Gasteiger partial charge in [0.25, 0.3) is 0 Å². The average molecular weight is 387 g/mol. The molecule has 0 aliphatic carbocycles. The van der Waals surface area contributed by atoms with Crippen LogP contribution in [0.1, 0.15) is 43.0 Å². The molecule has 2 N–H and O–H groups in total. The van der Waals surface area contributed by atoms with Gasteiger partial charge in [0.2, 0.25) is 0 Å². The number of nitriles is 1. The standard InChI is InChI=1S/C18H15F6N3/c1-16(2,3)14-12(7-25)15(26)27-8-13(14)9-4-10(17(19,20)21)6-11(5-9)18(22,23)24/h4-6,8H,1-3H3,(H2,26,27). The summed E-state index contributed by atoms with van der Waals surface area (Å²) >= 11 is 0. The fourth-order valence-corrected chi connectivity index (χ4v) is 2.75. The number of hydrogen-bond donors (Lipinski definition) is 1. The lowest BCUT2D eigenvalue weighted by molar-refractivity contribution is -0.143. The van der Waals surface area contributed by atoms with Crippen molar-refractivity contribution in [2.45, 2.75) is 38.5 Å². The first-order valence-electron chi connectivity index (χ1n) is 7.65. The van der Waals surface area contributed by atoms with Crippen molar-refractivity contribution in [2.75, 3.05) is 5.73 Å². The summed E-state index contributed by atoms with van der Waals surface area (Å²) in [5.41, 5.74) is 1.81. The molecule has 0 aliphatic rings. The third kappa shape index (κ3) is 4.15. The van der Waals surface area contributed by atoms with Crippen LogP contribution in [-0.2, 0) is 17.8 Å². The minimum atomic E-state index is -4.97. The van der Waals surface area contributed by atoms with Crippen LogP contribution in [0.4, 0.5) is 32.2 Å². The number of aromatic nitrogens is 1. The largest absolute Gasteiger partial charge is 0.416 e. The highest BCUT2D eigenvalue weighted by atomic mass is 19.4. The van der Waals surface area contributed by atoms with Crippen LogP contribution in [0.2, 0.25) is 0 Å². The van der Waals surface area contributed by atoms with Gasteiger partial charge in [-0.25, -0.2) is 4.98 Å². The van der Waals surface area contributed by atoms with E-state index in [0.717, 1.165) is 6.20 Å². The summed E-state index contributed by atoms with van der Waals surface area (Å²) in [4.78, 5) is 3.78. The van der Waals surface area contributed by atoms with Crippen molar-refractivity contribution in [1.82, 2.24) is 4.98 Å². The second-order valence-corrected chi connectivity index (χ2v) is 6.96. The Morgan fingerprint density at radius 1 is 0.926 bits per heavy atom. The van der Waals surface area contributed by atoms with E-state index in [2.05, 4.69) is 4.98 Å². The first-order chi connectivity index (χ1) is 12.2. The molecule has 1 aromatic heterocycles. The lowest BCUT2D eigenvalue weighted by Crippen LogP contribution is -2.18. The first kappa shape index (κ1) is 20.6. The number of nitrogens with two attached hydrogens (primary N) is 1.